The minimum atomic E-state index is -4.70. The maximum Gasteiger partial charge on any atom is 0.573 e. The summed E-state index contributed by atoms with van der Waals surface area (Å²) < 4.78 is 39.0. The number of hydrogen-bond donors (Lipinski definition) is 1. The van der Waals surface area contributed by atoms with Gasteiger partial charge in [0.15, 0.2) is 0 Å². The summed E-state index contributed by atoms with van der Waals surface area (Å²) in [5.41, 5.74) is 0.381. The third-order valence-electron chi connectivity index (χ3n) is 1.57. The highest BCUT2D eigenvalue weighted by atomic mass is 19.4. The average Bonchev–Trinajstić information content (AvgIpc) is 2.01. The summed E-state index contributed by atoms with van der Waals surface area (Å²) >= 11 is 0. The van der Waals surface area contributed by atoms with Crippen molar-refractivity contribution in [1.29, 1.82) is 0 Å². The summed E-state index contributed by atoms with van der Waals surface area (Å²) in [4.78, 5) is 0. The topological polar surface area (TPSA) is 29.5 Å². The Bertz CT molecular complexity index is 307. The Balaban J connectivity index is 2.84. The molecule has 0 radical (unpaired) electrons. The molecule has 0 saturated heterocycles. The number of benzene rings is 1. The summed E-state index contributed by atoms with van der Waals surface area (Å²) in [7, 11) is 0. The van der Waals surface area contributed by atoms with Crippen LogP contribution in [-0.2, 0) is 0 Å². The summed E-state index contributed by atoms with van der Waals surface area (Å²) in [6, 6.07) is 5.24. The van der Waals surface area contributed by atoms with Crippen molar-refractivity contribution in [3.05, 3.63) is 29.8 Å². The van der Waals surface area contributed by atoms with Gasteiger partial charge in [-0.2, -0.15) is 0 Å². The van der Waals surface area contributed by atoms with E-state index in [9.17, 15) is 13.2 Å². The largest absolute Gasteiger partial charge is 0.573 e. The number of halogens is 3. The molecule has 1 atom stereocenters. The second-order valence-corrected chi connectivity index (χ2v) is 2.80. The van der Waals surface area contributed by atoms with Gasteiger partial charge in [0.25, 0.3) is 0 Å². The fraction of sp³-hybridized carbons (Fsp3) is 0.333. The lowest BCUT2D eigenvalue weighted by molar-refractivity contribution is -0.274. The summed E-state index contributed by atoms with van der Waals surface area (Å²) in [5, 5.41) is 9.11. The minimum Gasteiger partial charge on any atom is -0.406 e. The molecule has 1 rings (SSSR count). The Morgan fingerprint density at radius 1 is 1.36 bits per heavy atom. The fourth-order valence-corrected chi connectivity index (χ4v) is 0.972. The molecule has 0 fully saturated rings. The molecule has 5 heteroatoms. The van der Waals surface area contributed by atoms with Gasteiger partial charge < -0.3 is 9.84 Å². The van der Waals surface area contributed by atoms with E-state index in [1.807, 2.05) is 0 Å². The van der Waals surface area contributed by atoms with E-state index in [-0.39, 0.29) is 5.75 Å². The van der Waals surface area contributed by atoms with Crippen LogP contribution < -0.4 is 4.74 Å². The van der Waals surface area contributed by atoms with Crippen LogP contribution in [0.15, 0.2) is 24.3 Å². The molecule has 0 aliphatic carbocycles. The smallest absolute Gasteiger partial charge is 0.406 e. The first kappa shape index (κ1) is 10.8. The molecule has 0 unspecified atom stereocenters. The first-order chi connectivity index (χ1) is 6.38. The molecular weight excluding hydrogens is 197 g/mol. The first-order valence-electron chi connectivity index (χ1n) is 3.92. The zero-order valence-corrected chi connectivity index (χ0v) is 7.38. The zero-order chi connectivity index (χ0) is 10.8. The second-order valence-electron chi connectivity index (χ2n) is 2.80. The normalized spacial score (nSPS) is 13.8. The zero-order valence-electron chi connectivity index (χ0n) is 7.38. The van der Waals surface area contributed by atoms with Crippen LogP contribution in [0.5, 0.6) is 5.75 Å². The minimum absolute atomic E-state index is 0.323. The highest BCUT2D eigenvalue weighted by Crippen LogP contribution is 2.25. The highest BCUT2D eigenvalue weighted by molar-refractivity contribution is 5.29. The molecule has 0 spiro atoms. The Hall–Kier alpha value is -1.23. The van der Waals surface area contributed by atoms with Gasteiger partial charge >= 0.3 is 6.36 Å². The molecule has 0 heterocycles. The van der Waals surface area contributed by atoms with Gasteiger partial charge in [-0.05, 0) is 24.6 Å². The van der Waals surface area contributed by atoms with Crippen LogP contribution in [0.1, 0.15) is 18.6 Å². The van der Waals surface area contributed by atoms with Crippen LogP contribution in [0.25, 0.3) is 0 Å². The van der Waals surface area contributed by atoms with Gasteiger partial charge in [0.2, 0.25) is 0 Å². The van der Waals surface area contributed by atoms with Gasteiger partial charge in [0.1, 0.15) is 5.75 Å². The fourth-order valence-electron chi connectivity index (χ4n) is 0.972. The molecule has 0 saturated carbocycles. The number of hydrogen-bond acceptors (Lipinski definition) is 2. The van der Waals surface area contributed by atoms with E-state index in [1.165, 1.54) is 25.1 Å². The monoisotopic (exact) mass is 206 g/mol. The van der Waals surface area contributed by atoms with Crippen molar-refractivity contribution in [3.63, 3.8) is 0 Å². The van der Waals surface area contributed by atoms with Crippen molar-refractivity contribution in [2.75, 3.05) is 0 Å². The molecule has 0 amide bonds. The summed E-state index contributed by atoms with van der Waals surface area (Å²) in [6.07, 6.45) is -5.51. The number of aliphatic hydroxyl groups excluding tert-OH is 1. The average molecular weight is 206 g/mol. The van der Waals surface area contributed by atoms with Crippen LogP contribution >= 0.6 is 0 Å². The second kappa shape index (κ2) is 3.88. The predicted octanol–water partition coefficient (Wildman–Crippen LogP) is 2.64. The van der Waals surface area contributed by atoms with E-state index in [0.717, 1.165) is 6.07 Å². The molecule has 14 heavy (non-hydrogen) atoms. The van der Waals surface area contributed by atoms with Crippen LogP contribution in [0.2, 0.25) is 0 Å². The molecule has 1 aromatic carbocycles. The summed E-state index contributed by atoms with van der Waals surface area (Å²) in [6.45, 7) is 1.46. The lowest BCUT2D eigenvalue weighted by atomic mass is 10.1. The van der Waals surface area contributed by atoms with Crippen molar-refractivity contribution in [2.24, 2.45) is 0 Å². The van der Waals surface area contributed by atoms with Crippen molar-refractivity contribution >= 4 is 0 Å². The van der Waals surface area contributed by atoms with Gasteiger partial charge in [0.05, 0.1) is 6.10 Å². The number of alkyl halides is 3. The molecular formula is C9H9F3O2. The third-order valence-corrected chi connectivity index (χ3v) is 1.57. The number of rotatable bonds is 2. The molecule has 0 bridgehead atoms. The van der Waals surface area contributed by atoms with Crippen molar-refractivity contribution in [3.8, 4) is 5.75 Å². The Morgan fingerprint density at radius 2 is 2.00 bits per heavy atom. The Morgan fingerprint density at radius 3 is 2.50 bits per heavy atom. The van der Waals surface area contributed by atoms with Gasteiger partial charge in [-0.1, -0.05) is 12.1 Å². The van der Waals surface area contributed by atoms with Crippen LogP contribution in [0.3, 0.4) is 0 Å². The van der Waals surface area contributed by atoms with E-state index < -0.39 is 12.5 Å². The van der Waals surface area contributed by atoms with Crippen LogP contribution in [0, 0.1) is 0 Å². The van der Waals surface area contributed by atoms with E-state index in [2.05, 4.69) is 4.74 Å². The van der Waals surface area contributed by atoms with Gasteiger partial charge in [-0.15, -0.1) is 13.2 Å². The lowest BCUT2D eigenvalue weighted by Gasteiger charge is -2.10. The quantitative estimate of drug-likeness (QED) is 0.805. The van der Waals surface area contributed by atoms with Crippen LogP contribution in [0.4, 0.5) is 13.2 Å². The molecule has 0 aromatic heterocycles. The molecule has 0 aliphatic rings. The molecule has 0 aliphatic heterocycles. The maximum absolute atomic E-state index is 11.8. The van der Waals surface area contributed by atoms with Gasteiger partial charge in [-0.25, -0.2) is 0 Å². The third kappa shape index (κ3) is 3.26. The van der Waals surface area contributed by atoms with E-state index in [0.29, 0.717) is 5.56 Å². The molecule has 78 valence electrons. The van der Waals surface area contributed by atoms with Crippen molar-refractivity contribution in [2.45, 2.75) is 19.4 Å². The predicted molar refractivity (Wildman–Crippen MR) is 43.8 cm³/mol. The van der Waals surface area contributed by atoms with Crippen LogP contribution in [-0.4, -0.2) is 11.5 Å². The SMILES string of the molecule is C[C@@H](O)c1cccc(OC(F)(F)F)c1. The first-order valence-corrected chi connectivity index (χ1v) is 3.92. The van der Waals surface area contributed by atoms with Crippen molar-refractivity contribution < 1.29 is 23.0 Å². The van der Waals surface area contributed by atoms with E-state index in [4.69, 9.17) is 5.11 Å². The Labute approximate surface area is 78.9 Å². The standard InChI is InChI=1S/C9H9F3O2/c1-6(13)7-3-2-4-8(5-7)14-9(10,11)12/h2-6,13H,1H3/t6-/m1/s1. The Kier molecular flexibility index (Phi) is 3.00. The van der Waals surface area contributed by atoms with Gasteiger partial charge in [0, 0.05) is 0 Å². The lowest BCUT2D eigenvalue weighted by Crippen LogP contribution is -2.17. The van der Waals surface area contributed by atoms with E-state index in [1.54, 1.807) is 0 Å². The molecule has 1 N–H and O–H groups in total. The highest BCUT2D eigenvalue weighted by Gasteiger charge is 2.31. The maximum atomic E-state index is 11.8. The van der Waals surface area contributed by atoms with Gasteiger partial charge in [-0.3, -0.25) is 0 Å². The number of ether oxygens (including phenoxy) is 1. The molecule has 1 aromatic rings. The van der Waals surface area contributed by atoms with Crippen molar-refractivity contribution in [1.82, 2.24) is 0 Å². The molecule has 2 nitrogen and oxygen atoms in total. The van der Waals surface area contributed by atoms with E-state index >= 15 is 0 Å². The summed E-state index contributed by atoms with van der Waals surface area (Å²) in [5.74, 6) is -0.323. The number of aliphatic hydroxyl groups is 1.